The Bertz CT molecular complexity index is 306. The fourth-order valence-corrected chi connectivity index (χ4v) is 1.59. The van der Waals surface area contributed by atoms with Crippen LogP contribution in [0.4, 0.5) is 0 Å². The summed E-state index contributed by atoms with van der Waals surface area (Å²) in [5.74, 6) is 0. The maximum atomic E-state index is 9.19. The van der Waals surface area contributed by atoms with Crippen molar-refractivity contribution in [3.8, 4) is 0 Å². The third-order valence-electron chi connectivity index (χ3n) is 2.12. The average molecular weight is 236 g/mol. The molecule has 0 bridgehead atoms. The molecule has 1 aliphatic carbocycles. The summed E-state index contributed by atoms with van der Waals surface area (Å²) in [7, 11) is -3.67. The molecule has 15 heavy (non-hydrogen) atoms. The molecule has 0 fully saturated rings. The second kappa shape index (κ2) is 5.63. The van der Waals surface area contributed by atoms with Gasteiger partial charge in [-0.1, -0.05) is 19.9 Å². The average Bonchev–Trinajstić information content (AvgIpc) is 1.99. The van der Waals surface area contributed by atoms with Crippen LogP contribution >= 0.6 is 0 Å². The highest BCUT2D eigenvalue weighted by Gasteiger charge is 2.19. The Morgan fingerprint density at radius 3 is 2.20 bits per heavy atom. The summed E-state index contributed by atoms with van der Waals surface area (Å²) in [5, 5.41) is 8.85. The molecule has 0 spiro atoms. The van der Waals surface area contributed by atoms with Gasteiger partial charge in [-0.2, -0.15) is 8.42 Å². The minimum absolute atomic E-state index is 0.253. The molecule has 0 aromatic carbocycles. The van der Waals surface area contributed by atoms with Gasteiger partial charge in [0.1, 0.15) is 0 Å². The van der Waals surface area contributed by atoms with Crippen molar-refractivity contribution >= 4 is 10.1 Å². The Kier molecular flexibility index (Phi) is 5.48. The van der Waals surface area contributed by atoms with Crippen molar-refractivity contribution in [2.24, 2.45) is 5.41 Å². The van der Waals surface area contributed by atoms with E-state index >= 15 is 0 Å². The van der Waals surface area contributed by atoms with Crippen LogP contribution in [0.25, 0.3) is 0 Å². The van der Waals surface area contributed by atoms with Crippen LogP contribution in [0, 0.1) is 5.41 Å². The van der Waals surface area contributed by atoms with Gasteiger partial charge in [-0.25, -0.2) is 0 Å². The van der Waals surface area contributed by atoms with Gasteiger partial charge in [0.25, 0.3) is 10.1 Å². The highest BCUT2D eigenvalue weighted by atomic mass is 32.2. The van der Waals surface area contributed by atoms with Crippen LogP contribution in [-0.2, 0) is 10.1 Å². The first kappa shape index (κ1) is 14.6. The van der Waals surface area contributed by atoms with E-state index < -0.39 is 10.1 Å². The van der Waals surface area contributed by atoms with Gasteiger partial charge in [-0.3, -0.25) is 4.55 Å². The molecule has 0 saturated carbocycles. The normalized spacial score (nSPS) is 19.9. The molecule has 90 valence electrons. The monoisotopic (exact) mass is 236 g/mol. The zero-order valence-corrected chi connectivity index (χ0v) is 10.3. The van der Waals surface area contributed by atoms with Gasteiger partial charge in [0.05, 0.1) is 12.9 Å². The van der Waals surface area contributed by atoms with Crippen LogP contribution in [0.3, 0.4) is 0 Å². The summed E-state index contributed by atoms with van der Waals surface area (Å²) >= 11 is 0. The van der Waals surface area contributed by atoms with E-state index in [1.54, 1.807) is 0 Å². The van der Waals surface area contributed by atoms with E-state index in [0.717, 1.165) is 6.42 Å². The standard InChI is InChI=1S/C9H16O.CH4O3S/c1-9(2)5-3-4-8(6-9)7-10;1-5(2,3)4/h6,10H,3-5,7H2,1-2H3;1H3,(H,2,3,4). The lowest BCUT2D eigenvalue weighted by Crippen LogP contribution is -2.14. The van der Waals surface area contributed by atoms with Gasteiger partial charge in [0, 0.05) is 0 Å². The zero-order chi connectivity index (χ0) is 12.1. The first-order valence-electron chi connectivity index (χ1n) is 4.88. The van der Waals surface area contributed by atoms with Gasteiger partial charge in [-0.15, -0.1) is 0 Å². The lowest BCUT2D eigenvalue weighted by atomic mass is 9.80. The van der Waals surface area contributed by atoms with Crippen molar-refractivity contribution in [2.45, 2.75) is 33.1 Å². The summed E-state index contributed by atoms with van der Waals surface area (Å²) in [6.45, 7) is 4.70. The molecule has 0 amide bonds. The molecule has 0 aromatic heterocycles. The highest BCUT2D eigenvalue weighted by Crippen LogP contribution is 2.32. The van der Waals surface area contributed by atoms with Crippen molar-refractivity contribution in [3.05, 3.63) is 11.6 Å². The molecule has 0 aliphatic heterocycles. The molecule has 4 nitrogen and oxygen atoms in total. The Morgan fingerprint density at radius 2 is 1.93 bits per heavy atom. The van der Waals surface area contributed by atoms with Crippen molar-refractivity contribution in [1.82, 2.24) is 0 Å². The first-order valence-corrected chi connectivity index (χ1v) is 6.73. The predicted molar refractivity (Wildman–Crippen MR) is 60.3 cm³/mol. The maximum Gasteiger partial charge on any atom is 0.261 e. The molecule has 0 aromatic rings. The van der Waals surface area contributed by atoms with E-state index in [4.69, 9.17) is 9.66 Å². The minimum Gasteiger partial charge on any atom is -0.392 e. The number of hydrogen-bond donors (Lipinski definition) is 2. The van der Waals surface area contributed by atoms with Gasteiger partial charge in [-0.05, 0) is 30.3 Å². The van der Waals surface area contributed by atoms with Gasteiger partial charge < -0.3 is 5.11 Å². The van der Waals surface area contributed by atoms with Crippen LogP contribution in [0.15, 0.2) is 11.6 Å². The van der Waals surface area contributed by atoms with Crippen LogP contribution in [-0.4, -0.2) is 30.9 Å². The van der Waals surface area contributed by atoms with Gasteiger partial charge >= 0.3 is 0 Å². The smallest absolute Gasteiger partial charge is 0.261 e. The maximum absolute atomic E-state index is 9.19. The second-order valence-electron chi connectivity index (χ2n) is 4.54. The number of aliphatic hydroxyl groups excluding tert-OH is 1. The molecular formula is C10H20O4S. The lowest BCUT2D eigenvalue weighted by molar-refractivity contribution is 0.306. The first-order chi connectivity index (χ1) is 6.64. The van der Waals surface area contributed by atoms with Crippen molar-refractivity contribution in [3.63, 3.8) is 0 Å². The van der Waals surface area contributed by atoms with Crippen molar-refractivity contribution < 1.29 is 18.1 Å². The highest BCUT2D eigenvalue weighted by molar-refractivity contribution is 7.85. The van der Waals surface area contributed by atoms with E-state index in [2.05, 4.69) is 19.9 Å². The molecule has 5 heteroatoms. The fraction of sp³-hybridized carbons (Fsp3) is 0.800. The van der Waals surface area contributed by atoms with Crippen molar-refractivity contribution in [2.75, 3.05) is 12.9 Å². The molecule has 2 N–H and O–H groups in total. The largest absolute Gasteiger partial charge is 0.392 e. The molecule has 0 heterocycles. The Hall–Kier alpha value is -0.390. The number of rotatable bonds is 1. The SMILES string of the molecule is CC1(C)C=C(CO)CCC1.CS(=O)(=O)O. The number of allylic oxidation sites excluding steroid dienone is 1. The second-order valence-corrected chi connectivity index (χ2v) is 6.00. The van der Waals surface area contributed by atoms with E-state index in [0.29, 0.717) is 11.7 Å². The zero-order valence-electron chi connectivity index (χ0n) is 9.52. The fourth-order valence-electron chi connectivity index (χ4n) is 1.59. The molecule has 1 aliphatic rings. The third-order valence-corrected chi connectivity index (χ3v) is 2.12. The molecule has 0 radical (unpaired) electrons. The Balaban J connectivity index is 0.000000336. The summed E-state index contributed by atoms with van der Waals surface area (Å²) in [6.07, 6.45) is 6.53. The van der Waals surface area contributed by atoms with Crippen LogP contribution in [0.1, 0.15) is 33.1 Å². The molecule has 0 unspecified atom stereocenters. The minimum atomic E-state index is -3.67. The van der Waals surface area contributed by atoms with Gasteiger partial charge in [0.15, 0.2) is 0 Å². The molecule has 0 atom stereocenters. The van der Waals surface area contributed by atoms with Crippen molar-refractivity contribution in [1.29, 1.82) is 0 Å². The Labute approximate surface area is 91.8 Å². The van der Waals surface area contributed by atoms with E-state index in [9.17, 15) is 8.42 Å². The molecule has 1 rings (SSSR count). The van der Waals surface area contributed by atoms with Crippen LogP contribution in [0.2, 0.25) is 0 Å². The van der Waals surface area contributed by atoms with E-state index in [1.807, 2.05) is 0 Å². The summed E-state index contributed by atoms with van der Waals surface area (Å²) in [5.41, 5.74) is 1.55. The molecular weight excluding hydrogens is 216 g/mol. The summed E-state index contributed by atoms with van der Waals surface area (Å²) < 4.78 is 25.9. The topological polar surface area (TPSA) is 74.6 Å². The predicted octanol–water partition coefficient (Wildman–Crippen LogP) is 1.62. The van der Waals surface area contributed by atoms with E-state index in [-0.39, 0.29) is 6.61 Å². The van der Waals surface area contributed by atoms with Crippen LogP contribution < -0.4 is 0 Å². The quantitative estimate of drug-likeness (QED) is 0.536. The Morgan fingerprint density at radius 1 is 1.47 bits per heavy atom. The number of aliphatic hydroxyl groups is 1. The summed E-state index contributed by atoms with van der Waals surface area (Å²) in [4.78, 5) is 0. The summed E-state index contributed by atoms with van der Waals surface area (Å²) in [6, 6.07) is 0. The van der Waals surface area contributed by atoms with Gasteiger partial charge in [0.2, 0.25) is 0 Å². The molecule has 0 saturated heterocycles. The lowest BCUT2D eigenvalue weighted by Gasteiger charge is -2.26. The third kappa shape index (κ3) is 9.90. The van der Waals surface area contributed by atoms with Crippen LogP contribution in [0.5, 0.6) is 0 Å². The number of hydrogen-bond acceptors (Lipinski definition) is 3. The van der Waals surface area contributed by atoms with E-state index in [1.165, 1.54) is 18.4 Å².